The van der Waals surface area contributed by atoms with Crippen LogP contribution in [0.5, 0.6) is 0 Å². The molecule has 0 aromatic rings. The van der Waals surface area contributed by atoms with E-state index in [1.165, 1.54) is 38.8 Å². The van der Waals surface area contributed by atoms with Crippen molar-refractivity contribution in [3.63, 3.8) is 0 Å². The molecule has 0 aromatic heterocycles. The fraction of sp³-hybridized carbons (Fsp3) is 1.00. The van der Waals surface area contributed by atoms with Crippen LogP contribution in [0, 0.1) is 5.92 Å². The largest absolute Gasteiger partial charge is 0.308 e. The van der Waals surface area contributed by atoms with Crippen LogP contribution in [0.4, 0.5) is 0 Å². The Morgan fingerprint density at radius 2 is 1.85 bits per heavy atom. The number of hydrogen-bond acceptors (Lipinski definition) is 2. The molecule has 0 spiro atoms. The van der Waals surface area contributed by atoms with Gasteiger partial charge < -0.3 is 10.2 Å². The van der Waals surface area contributed by atoms with Gasteiger partial charge in [0.1, 0.15) is 0 Å². The van der Waals surface area contributed by atoms with Gasteiger partial charge in [0.25, 0.3) is 0 Å². The van der Waals surface area contributed by atoms with Gasteiger partial charge in [0.2, 0.25) is 0 Å². The van der Waals surface area contributed by atoms with Gasteiger partial charge in [0.05, 0.1) is 0 Å². The summed E-state index contributed by atoms with van der Waals surface area (Å²) in [6.07, 6.45) is 5.72. The van der Waals surface area contributed by atoms with E-state index in [1.54, 1.807) is 0 Å². The van der Waals surface area contributed by atoms with Gasteiger partial charge >= 0.3 is 0 Å². The lowest BCUT2D eigenvalue weighted by Gasteiger charge is -2.41. The van der Waals surface area contributed by atoms with Gasteiger partial charge in [0, 0.05) is 25.2 Å². The van der Waals surface area contributed by atoms with E-state index in [0.29, 0.717) is 0 Å². The van der Waals surface area contributed by atoms with Crippen LogP contribution in [0.3, 0.4) is 0 Å². The molecule has 0 bridgehead atoms. The molecule has 0 amide bonds. The molecule has 1 saturated heterocycles. The molecule has 2 unspecified atom stereocenters. The Hall–Kier alpha value is -0.0800. The highest BCUT2D eigenvalue weighted by Gasteiger charge is 2.28. The van der Waals surface area contributed by atoms with Crippen molar-refractivity contribution >= 4 is 0 Å². The minimum Gasteiger partial charge on any atom is -0.308 e. The highest BCUT2D eigenvalue weighted by Crippen LogP contribution is 2.24. The van der Waals surface area contributed by atoms with Crippen LogP contribution in [0.1, 0.15) is 32.6 Å². The standard InChI is InChI=1S/C11H22N2/c1-9-5-3-4-6-11(9)12-10-7-13(2)8-10/h9-12H,3-8H2,1-2H3. The number of likely N-dealkylation sites (tertiary alicyclic amines) is 1. The highest BCUT2D eigenvalue weighted by atomic mass is 15.2. The zero-order valence-corrected chi connectivity index (χ0v) is 8.92. The molecule has 2 atom stereocenters. The lowest BCUT2D eigenvalue weighted by atomic mass is 9.85. The Bertz CT molecular complexity index is 163. The zero-order chi connectivity index (χ0) is 9.26. The third kappa shape index (κ3) is 2.23. The van der Waals surface area contributed by atoms with Crippen molar-refractivity contribution in [2.24, 2.45) is 5.92 Å². The molecular weight excluding hydrogens is 160 g/mol. The molecule has 1 aliphatic heterocycles. The van der Waals surface area contributed by atoms with Gasteiger partial charge in [0.15, 0.2) is 0 Å². The Labute approximate surface area is 81.7 Å². The average Bonchev–Trinajstić information content (AvgIpc) is 2.06. The number of nitrogens with one attached hydrogen (secondary N) is 1. The number of rotatable bonds is 2. The summed E-state index contributed by atoms with van der Waals surface area (Å²) in [5.41, 5.74) is 0. The number of hydrogen-bond donors (Lipinski definition) is 1. The summed E-state index contributed by atoms with van der Waals surface area (Å²) in [7, 11) is 2.20. The molecule has 2 aliphatic rings. The maximum Gasteiger partial charge on any atom is 0.0324 e. The van der Waals surface area contributed by atoms with E-state index < -0.39 is 0 Å². The first-order chi connectivity index (χ1) is 6.25. The second kappa shape index (κ2) is 3.97. The van der Waals surface area contributed by atoms with Crippen LogP contribution in [0.25, 0.3) is 0 Å². The van der Waals surface area contributed by atoms with Crippen LogP contribution in [0.15, 0.2) is 0 Å². The summed E-state index contributed by atoms with van der Waals surface area (Å²) in [5, 5.41) is 3.79. The molecule has 1 saturated carbocycles. The molecule has 1 aliphatic carbocycles. The molecule has 2 rings (SSSR count). The van der Waals surface area contributed by atoms with E-state index in [1.807, 2.05) is 0 Å². The van der Waals surface area contributed by atoms with Crippen molar-refractivity contribution in [1.29, 1.82) is 0 Å². The number of likely N-dealkylation sites (N-methyl/N-ethyl adjacent to an activating group) is 1. The molecule has 2 nitrogen and oxygen atoms in total. The smallest absolute Gasteiger partial charge is 0.0324 e. The van der Waals surface area contributed by atoms with E-state index in [4.69, 9.17) is 0 Å². The summed E-state index contributed by atoms with van der Waals surface area (Å²) in [6.45, 7) is 4.91. The van der Waals surface area contributed by atoms with Crippen LogP contribution >= 0.6 is 0 Å². The maximum absolute atomic E-state index is 3.79. The van der Waals surface area contributed by atoms with Crippen molar-refractivity contribution in [3.05, 3.63) is 0 Å². The summed E-state index contributed by atoms with van der Waals surface area (Å²) in [6, 6.07) is 1.60. The molecule has 0 aromatic carbocycles. The van der Waals surface area contributed by atoms with Gasteiger partial charge in [-0.15, -0.1) is 0 Å². The van der Waals surface area contributed by atoms with Crippen molar-refractivity contribution in [1.82, 2.24) is 10.2 Å². The van der Waals surface area contributed by atoms with Crippen molar-refractivity contribution < 1.29 is 0 Å². The summed E-state index contributed by atoms with van der Waals surface area (Å²) in [4.78, 5) is 2.38. The molecule has 2 heteroatoms. The van der Waals surface area contributed by atoms with Crippen LogP contribution in [0.2, 0.25) is 0 Å². The van der Waals surface area contributed by atoms with Gasteiger partial charge in [-0.05, 0) is 25.8 Å². The van der Waals surface area contributed by atoms with E-state index in [2.05, 4.69) is 24.2 Å². The summed E-state index contributed by atoms with van der Waals surface area (Å²) < 4.78 is 0. The fourth-order valence-corrected chi connectivity index (χ4v) is 2.67. The van der Waals surface area contributed by atoms with E-state index in [9.17, 15) is 0 Å². The lowest BCUT2D eigenvalue weighted by molar-refractivity contribution is 0.130. The van der Waals surface area contributed by atoms with Gasteiger partial charge in [-0.3, -0.25) is 0 Å². The minimum absolute atomic E-state index is 0.788. The van der Waals surface area contributed by atoms with Gasteiger partial charge in [-0.25, -0.2) is 0 Å². The van der Waals surface area contributed by atoms with E-state index >= 15 is 0 Å². The van der Waals surface area contributed by atoms with Crippen LogP contribution < -0.4 is 5.32 Å². The number of nitrogens with zero attached hydrogens (tertiary/aromatic N) is 1. The first kappa shape index (κ1) is 9.47. The fourth-order valence-electron chi connectivity index (χ4n) is 2.67. The van der Waals surface area contributed by atoms with Crippen molar-refractivity contribution in [2.45, 2.75) is 44.7 Å². The SMILES string of the molecule is CC1CCCCC1NC1CN(C)C1. The second-order valence-electron chi connectivity index (χ2n) is 4.95. The first-order valence-electron chi connectivity index (χ1n) is 5.70. The highest BCUT2D eigenvalue weighted by molar-refractivity contribution is 4.89. The normalized spacial score (nSPS) is 37.4. The molecule has 1 N–H and O–H groups in total. The predicted molar refractivity (Wildman–Crippen MR) is 55.8 cm³/mol. The molecule has 76 valence electrons. The lowest BCUT2D eigenvalue weighted by Crippen LogP contribution is -2.59. The quantitative estimate of drug-likeness (QED) is 0.695. The Morgan fingerprint density at radius 1 is 1.15 bits per heavy atom. The predicted octanol–water partition coefficient (Wildman–Crippen LogP) is 1.47. The van der Waals surface area contributed by atoms with Gasteiger partial charge in [-0.1, -0.05) is 19.8 Å². The van der Waals surface area contributed by atoms with Crippen molar-refractivity contribution in [3.8, 4) is 0 Å². The Kier molecular flexibility index (Phi) is 2.89. The van der Waals surface area contributed by atoms with Crippen molar-refractivity contribution in [2.75, 3.05) is 20.1 Å². The third-order valence-corrected chi connectivity index (χ3v) is 3.63. The monoisotopic (exact) mass is 182 g/mol. The molecule has 1 heterocycles. The Balaban J connectivity index is 1.73. The third-order valence-electron chi connectivity index (χ3n) is 3.63. The second-order valence-corrected chi connectivity index (χ2v) is 4.95. The summed E-state index contributed by atoms with van der Waals surface area (Å²) >= 11 is 0. The van der Waals surface area contributed by atoms with E-state index in [-0.39, 0.29) is 0 Å². The zero-order valence-electron chi connectivity index (χ0n) is 8.92. The summed E-state index contributed by atoms with van der Waals surface area (Å²) in [5.74, 6) is 0.902. The van der Waals surface area contributed by atoms with Gasteiger partial charge in [-0.2, -0.15) is 0 Å². The molecular formula is C11H22N2. The average molecular weight is 182 g/mol. The van der Waals surface area contributed by atoms with Crippen LogP contribution in [-0.2, 0) is 0 Å². The minimum atomic E-state index is 0.788. The Morgan fingerprint density at radius 3 is 2.46 bits per heavy atom. The maximum atomic E-state index is 3.79. The van der Waals surface area contributed by atoms with E-state index in [0.717, 1.165) is 18.0 Å². The van der Waals surface area contributed by atoms with Crippen LogP contribution in [-0.4, -0.2) is 37.1 Å². The topological polar surface area (TPSA) is 15.3 Å². The molecule has 13 heavy (non-hydrogen) atoms. The first-order valence-corrected chi connectivity index (χ1v) is 5.70. The molecule has 0 radical (unpaired) electrons. The molecule has 2 fully saturated rings.